The minimum atomic E-state index is -0.545. The van der Waals surface area contributed by atoms with E-state index < -0.39 is 11.7 Å². The standard InChI is InChI=1S/C13H23NO4S2/c1-9(19)16-7-6-11(8-17-10(2)20)14-12(15)18-13(3,4)5/h11H,6-8H2,1-5H3,(H,14,15). The molecule has 1 N–H and O–H groups in total. The van der Waals surface area contributed by atoms with Crippen molar-refractivity contribution in [3.05, 3.63) is 0 Å². The number of hydrogen-bond acceptors (Lipinski definition) is 6. The van der Waals surface area contributed by atoms with Crippen molar-refractivity contribution in [3.8, 4) is 0 Å². The summed E-state index contributed by atoms with van der Waals surface area (Å²) < 4.78 is 15.7. The van der Waals surface area contributed by atoms with E-state index in [2.05, 4.69) is 5.32 Å². The van der Waals surface area contributed by atoms with E-state index in [1.807, 2.05) is 0 Å². The molecule has 0 spiro atoms. The van der Waals surface area contributed by atoms with Gasteiger partial charge in [0.2, 0.25) is 0 Å². The van der Waals surface area contributed by atoms with Crippen molar-refractivity contribution >= 4 is 40.6 Å². The minimum absolute atomic E-state index is 0.253. The molecule has 1 atom stereocenters. The minimum Gasteiger partial charge on any atom is -0.487 e. The third-order valence-electron chi connectivity index (χ3n) is 1.98. The van der Waals surface area contributed by atoms with Crippen LogP contribution in [0.5, 0.6) is 0 Å². The van der Waals surface area contributed by atoms with E-state index in [1.165, 1.54) is 0 Å². The van der Waals surface area contributed by atoms with Crippen molar-refractivity contribution in [2.45, 2.75) is 52.7 Å². The van der Waals surface area contributed by atoms with Crippen molar-refractivity contribution in [3.63, 3.8) is 0 Å². The van der Waals surface area contributed by atoms with Crippen LogP contribution >= 0.6 is 24.4 Å². The lowest BCUT2D eigenvalue weighted by Crippen LogP contribution is -2.42. The van der Waals surface area contributed by atoms with Crippen LogP contribution in [0.4, 0.5) is 4.79 Å². The summed E-state index contributed by atoms with van der Waals surface area (Å²) >= 11 is 9.68. The first-order valence-corrected chi connectivity index (χ1v) is 7.18. The molecule has 1 unspecified atom stereocenters. The van der Waals surface area contributed by atoms with E-state index in [4.69, 9.17) is 38.6 Å². The number of hydrogen-bond donors (Lipinski definition) is 1. The molecule has 5 nitrogen and oxygen atoms in total. The summed E-state index contributed by atoms with van der Waals surface area (Å²) in [5, 5.41) is 3.62. The van der Waals surface area contributed by atoms with E-state index in [9.17, 15) is 4.79 Å². The Bertz CT molecular complexity index is 353. The number of nitrogens with one attached hydrogen (secondary N) is 1. The molecule has 0 aromatic rings. The number of carbonyl (C=O) groups excluding carboxylic acids is 1. The number of amides is 1. The fraction of sp³-hybridized carbons (Fsp3) is 0.769. The van der Waals surface area contributed by atoms with E-state index >= 15 is 0 Å². The van der Waals surface area contributed by atoms with Gasteiger partial charge in [0.15, 0.2) is 10.1 Å². The fourth-order valence-electron chi connectivity index (χ4n) is 1.23. The molecule has 0 bridgehead atoms. The van der Waals surface area contributed by atoms with Crippen molar-refractivity contribution in [2.24, 2.45) is 0 Å². The van der Waals surface area contributed by atoms with Crippen molar-refractivity contribution in [1.29, 1.82) is 0 Å². The van der Waals surface area contributed by atoms with Gasteiger partial charge in [0.1, 0.15) is 12.2 Å². The number of ether oxygens (including phenoxy) is 3. The number of carbonyl (C=O) groups is 1. The highest BCUT2D eigenvalue weighted by molar-refractivity contribution is 7.80. The maximum Gasteiger partial charge on any atom is 0.407 e. The van der Waals surface area contributed by atoms with Gasteiger partial charge in [0.25, 0.3) is 0 Å². The average Bonchev–Trinajstić information content (AvgIpc) is 2.22. The molecule has 0 fully saturated rings. The molecule has 0 aromatic carbocycles. The Hall–Kier alpha value is -0.950. The first kappa shape index (κ1) is 19.1. The van der Waals surface area contributed by atoms with E-state index in [1.54, 1.807) is 34.6 Å². The molecule has 0 aromatic heterocycles. The molecule has 20 heavy (non-hydrogen) atoms. The Balaban J connectivity index is 4.32. The van der Waals surface area contributed by atoms with Gasteiger partial charge in [0, 0.05) is 20.3 Å². The summed E-state index contributed by atoms with van der Waals surface area (Å²) in [5.74, 6) is 0. The molecule has 7 heteroatoms. The van der Waals surface area contributed by atoms with E-state index in [0.29, 0.717) is 23.1 Å². The highest BCUT2D eigenvalue weighted by Gasteiger charge is 2.20. The van der Waals surface area contributed by atoms with Gasteiger partial charge in [-0.2, -0.15) is 0 Å². The van der Waals surface area contributed by atoms with Gasteiger partial charge in [-0.3, -0.25) is 0 Å². The first-order chi connectivity index (χ1) is 9.10. The van der Waals surface area contributed by atoms with Crippen LogP contribution < -0.4 is 5.32 Å². The summed E-state index contributed by atoms with van der Waals surface area (Å²) in [5.41, 5.74) is -0.545. The maximum absolute atomic E-state index is 11.7. The van der Waals surface area contributed by atoms with Crippen LogP contribution in [-0.2, 0) is 14.2 Å². The van der Waals surface area contributed by atoms with Crippen molar-refractivity contribution in [2.75, 3.05) is 13.2 Å². The van der Waals surface area contributed by atoms with Crippen LogP contribution in [0, 0.1) is 0 Å². The molecule has 0 aliphatic heterocycles. The lowest BCUT2D eigenvalue weighted by Gasteiger charge is -2.23. The highest BCUT2D eigenvalue weighted by atomic mass is 32.1. The monoisotopic (exact) mass is 321 g/mol. The second kappa shape index (κ2) is 9.07. The summed E-state index contributed by atoms with van der Waals surface area (Å²) in [7, 11) is 0. The third-order valence-corrected chi connectivity index (χ3v) is 2.22. The molecule has 0 heterocycles. The Morgan fingerprint density at radius 1 is 1.15 bits per heavy atom. The van der Waals surface area contributed by atoms with Gasteiger partial charge in [-0.25, -0.2) is 4.79 Å². The van der Waals surface area contributed by atoms with Crippen molar-refractivity contribution in [1.82, 2.24) is 5.32 Å². The van der Waals surface area contributed by atoms with Crippen LogP contribution in [-0.4, -0.2) is 41.1 Å². The zero-order chi connectivity index (χ0) is 15.8. The van der Waals surface area contributed by atoms with Gasteiger partial charge < -0.3 is 19.5 Å². The topological polar surface area (TPSA) is 56.8 Å². The molecule has 0 aliphatic carbocycles. The number of thiocarbonyl (C=S) groups is 2. The van der Waals surface area contributed by atoms with Gasteiger partial charge in [-0.15, -0.1) is 0 Å². The third kappa shape index (κ3) is 12.1. The second-order valence-corrected chi connectivity index (χ2v) is 6.42. The summed E-state index contributed by atoms with van der Waals surface area (Å²) in [6.07, 6.45) is 0.0581. The average molecular weight is 321 g/mol. The van der Waals surface area contributed by atoms with Crippen LogP contribution in [0.1, 0.15) is 41.0 Å². The summed E-state index contributed by atoms with van der Waals surface area (Å²) in [6, 6.07) is -0.253. The predicted molar refractivity (Wildman–Crippen MR) is 86.2 cm³/mol. The molecule has 0 aliphatic rings. The Morgan fingerprint density at radius 2 is 1.70 bits per heavy atom. The van der Waals surface area contributed by atoms with E-state index in [0.717, 1.165) is 0 Å². The lowest BCUT2D eigenvalue weighted by atomic mass is 10.2. The molecular formula is C13H23NO4S2. The van der Waals surface area contributed by atoms with Gasteiger partial charge in [-0.05, 0) is 45.2 Å². The molecule has 0 saturated carbocycles. The van der Waals surface area contributed by atoms with Gasteiger partial charge >= 0.3 is 6.09 Å². The quantitative estimate of drug-likeness (QED) is 0.759. The zero-order valence-electron chi connectivity index (χ0n) is 12.6. The number of alkyl carbamates (subject to hydrolysis) is 1. The highest BCUT2D eigenvalue weighted by Crippen LogP contribution is 2.07. The molecule has 1 amide bonds. The Kier molecular flexibility index (Phi) is 8.64. The number of rotatable bonds is 6. The van der Waals surface area contributed by atoms with E-state index in [-0.39, 0.29) is 12.6 Å². The van der Waals surface area contributed by atoms with Crippen LogP contribution in [0.3, 0.4) is 0 Å². The summed E-state index contributed by atoms with van der Waals surface area (Å²) in [6.45, 7) is 9.46. The Morgan fingerprint density at radius 3 is 2.15 bits per heavy atom. The maximum atomic E-state index is 11.7. The van der Waals surface area contributed by atoms with Gasteiger partial charge in [0.05, 0.1) is 12.6 Å². The van der Waals surface area contributed by atoms with Crippen LogP contribution in [0.2, 0.25) is 0 Å². The molecule has 0 saturated heterocycles. The smallest absolute Gasteiger partial charge is 0.407 e. The molecule has 116 valence electrons. The first-order valence-electron chi connectivity index (χ1n) is 6.36. The lowest BCUT2D eigenvalue weighted by molar-refractivity contribution is 0.0477. The molecular weight excluding hydrogens is 298 g/mol. The predicted octanol–water partition coefficient (Wildman–Crippen LogP) is 3.00. The summed E-state index contributed by atoms with van der Waals surface area (Å²) in [4.78, 5) is 11.7. The zero-order valence-corrected chi connectivity index (χ0v) is 14.3. The Labute approximate surface area is 131 Å². The molecule has 0 rings (SSSR count). The fourth-order valence-corrected chi connectivity index (χ4v) is 1.39. The van der Waals surface area contributed by atoms with Crippen molar-refractivity contribution < 1.29 is 19.0 Å². The normalized spacial score (nSPS) is 12.2. The second-order valence-electron chi connectivity index (χ2n) is 5.27. The van der Waals surface area contributed by atoms with Gasteiger partial charge in [-0.1, -0.05) is 0 Å². The van der Waals surface area contributed by atoms with Crippen LogP contribution in [0.15, 0.2) is 0 Å². The van der Waals surface area contributed by atoms with Crippen LogP contribution in [0.25, 0.3) is 0 Å². The molecule has 0 radical (unpaired) electrons. The SMILES string of the molecule is CC(=S)OCCC(COC(C)=S)NC(=O)OC(C)(C)C. The largest absolute Gasteiger partial charge is 0.487 e.